The highest BCUT2D eigenvalue weighted by Gasteiger charge is 2.14. The molecule has 1 aromatic rings. The minimum absolute atomic E-state index is 0.00324. The molecular weight excluding hydrogens is 230 g/mol. The van der Waals surface area contributed by atoms with Gasteiger partial charge in [0, 0.05) is 5.56 Å². The lowest BCUT2D eigenvalue weighted by Gasteiger charge is -2.05. The van der Waals surface area contributed by atoms with Crippen molar-refractivity contribution in [3.8, 4) is 5.75 Å². The van der Waals surface area contributed by atoms with Crippen molar-refractivity contribution >= 4 is 16.1 Å². The van der Waals surface area contributed by atoms with E-state index in [1.165, 1.54) is 17.0 Å². The van der Waals surface area contributed by atoms with Crippen LogP contribution in [0.25, 0.3) is 6.08 Å². The Hall–Kier alpha value is -1.37. The molecule has 0 heterocycles. The summed E-state index contributed by atoms with van der Waals surface area (Å²) < 4.78 is 22.7. The zero-order valence-electron chi connectivity index (χ0n) is 8.71. The van der Waals surface area contributed by atoms with E-state index in [0.717, 1.165) is 0 Å². The van der Waals surface area contributed by atoms with Crippen LogP contribution >= 0.6 is 0 Å². The van der Waals surface area contributed by atoms with E-state index in [2.05, 4.69) is 0 Å². The van der Waals surface area contributed by atoms with Crippen molar-refractivity contribution in [1.29, 1.82) is 0 Å². The molecule has 0 atom stereocenters. The maximum Gasteiger partial charge on any atom is 0.258 e. The molecule has 0 saturated carbocycles. The molecule has 0 radical (unpaired) electrons. The number of hydrogen-bond donors (Lipinski definition) is 3. The monoisotopic (exact) mass is 243 g/mol. The molecule has 88 valence electrons. The van der Waals surface area contributed by atoms with Gasteiger partial charge < -0.3 is 10.3 Å². The van der Waals surface area contributed by atoms with Gasteiger partial charge in [-0.1, -0.05) is 30.0 Å². The van der Waals surface area contributed by atoms with Gasteiger partial charge in [-0.3, -0.25) is 0 Å². The summed E-state index contributed by atoms with van der Waals surface area (Å²) in [6.07, 6.45) is 1.53. The molecule has 0 fully saturated rings. The summed E-state index contributed by atoms with van der Waals surface area (Å²) >= 11 is 0. The maximum atomic E-state index is 11.3. The summed E-state index contributed by atoms with van der Waals surface area (Å²) in [6, 6.07) is 6.35. The molecule has 0 aromatic heterocycles. The van der Waals surface area contributed by atoms with Crippen LogP contribution in [0.1, 0.15) is 18.9 Å². The van der Waals surface area contributed by atoms with Crippen molar-refractivity contribution in [2.75, 3.05) is 0 Å². The quantitative estimate of drug-likeness (QED) is 0.698. The molecule has 0 saturated heterocycles. The standard InChI is InChI=1S/C10H13NO4S/c1-2-9(16(14,15)11-13)7-8-5-3-4-6-10(8)12/h3-7,11-13H,2H2,1H3/b9-7+. The summed E-state index contributed by atoms with van der Waals surface area (Å²) in [5.41, 5.74) is 0.387. The molecule has 0 amide bonds. The highest BCUT2D eigenvalue weighted by Crippen LogP contribution is 2.21. The minimum atomic E-state index is -3.87. The molecule has 1 rings (SSSR count). The van der Waals surface area contributed by atoms with Crippen molar-refractivity contribution in [3.63, 3.8) is 0 Å². The van der Waals surface area contributed by atoms with E-state index >= 15 is 0 Å². The molecule has 0 aliphatic heterocycles. The number of para-hydroxylation sites is 1. The molecule has 0 unspecified atom stereocenters. The van der Waals surface area contributed by atoms with E-state index in [0.29, 0.717) is 5.56 Å². The largest absolute Gasteiger partial charge is 0.507 e. The molecule has 0 spiro atoms. The van der Waals surface area contributed by atoms with Gasteiger partial charge in [0.25, 0.3) is 10.0 Å². The molecule has 5 nitrogen and oxygen atoms in total. The highest BCUT2D eigenvalue weighted by molar-refractivity contribution is 7.93. The number of allylic oxidation sites excluding steroid dienone is 1. The predicted molar refractivity (Wildman–Crippen MR) is 60.2 cm³/mol. The first kappa shape index (κ1) is 12.7. The van der Waals surface area contributed by atoms with Gasteiger partial charge in [-0.15, -0.1) is 0 Å². The fourth-order valence-corrected chi connectivity index (χ4v) is 1.99. The van der Waals surface area contributed by atoms with Gasteiger partial charge in [-0.25, -0.2) is 8.42 Å². The Morgan fingerprint density at radius 3 is 2.56 bits per heavy atom. The van der Waals surface area contributed by atoms with Crippen LogP contribution in [0.4, 0.5) is 0 Å². The molecule has 6 heteroatoms. The molecule has 16 heavy (non-hydrogen) atoms. The van der Waals surface area contributed by atoms with Crippen molar-refractivity contribution in [3.05, 3.63) is 34.7 Å². The van der Waals surface area contributed by atoms with E-state index in [-0.39, 0.29) is 17.1 Å². The van der Waals surface area contributed by atoms with Gasteiger partial charge >= 0.3 is 0 Å². The normalized spacial score (nSPS) is 12.8. The van der Waals surface area contributed by atoms with Gasteiger partial charge in [-0.05, 0) is 18.6 Å². The summed E-state index contributed by atoms with van der Waals surface area (Å²) in [4.78, 5) is 1.25. The van der Waals surface area contributed by atoms with Crippen LogP contribution in [0.3, 0.4) is 0 Å². The average molecular weight is 243 g/mol. The Morgan fingerprint density at radius 1 is 1.44 bits per heavy atom. The van der Waals surface area contributed by atoms with Crippen LogP contribution < -0.4 is 4.89 Å². The molecule has 1 aromatic carbocycles. The zero-order valence-corrected chi connectivity index (χ0v) is 9.53. The van der Waals surface area contributed by atoms with E-state index in [9.17, 15) is 13.5 Å². The van der Waals surface area contributed by atoms with Crippen LogP contribution in [-0.2, 0) is 10.0 Å². The lowest BCUT2D eigenvalue weighted by atomic mass is 10.2. The van der Waals surface area contributed by atoms with Gasteiger partial charge in [0.05, 0.1) is 4.91 Å². The highest BCUT2D eigenvalue weighted by atomic mass is 32.2. The molecule has 0 aliphatic carbocycles. The zero-order chi connectivity index (χ0) is 12.2. The fourth-order valence-electron chi connectivity index (χ4n) is 1.21. The Labute approximate surface area is 94.1 Å². The van der Waals surface area contributed by atoms with Crippen LogP contribution in [0.2, 0.25) is 0 Å². The number of aromatic hydroxyl groups is 1. The lowest BCUT2D eigenvalue weighted by molar-refractivity contribution is 0.244. The third-order valence-corrected chi connectivity index (χ3v) is 3.40. The molecular formula is C10H13NO4S. The second kappa shape index (κ2) is 5.11. The topological polar surface area (TPSA) is 86.6 Å². The van der Waals surface area contributed by atoms with E-state index in [1.807, 2.05) is 0 Å². The van der Waals surface area contributed by atoms with Gasteiger partial charge in [0.2, 0.25) is 0 Å². The molecule has 3 N–H and O–H groups in total. The van der Waals surface area contributed by atoms with E-state index < -0.39 is 10.0 Å². The predicted octanol–water partition coefficient (Wildman–Crippen LogP) is 1.45. The molecule has 0 bridgehead atoms. The summed E-state index contributed by atoms with van der Waals surface area (Å²) in [6.45, 7) is 1.64. The SMILES string of the molecule is CC/C(=C\c1ccccc1O)S(=O)(=O)NO. The number of phenolic OH excluding ortho intramolecular Hbond substituents is 1. The van der Waals surface area contributed by atoms with Crippen molar-refractivity contribution < 1.29 is 18.7 Å². The smallest absolute Gasteiger partial charge is 0.258 e. The van der Waals surface area contributed by atoms with Crippen molar-refractivity contribution in [2.45, 2.75) is 13.3 Å². The Bertz CT molecular complexity index is 493. The second-order valence-corrected chi connectivity index (χ2v) is 4.83. The summed E-state index contributed by atoms with van der Waals surface area (Å²) in [7, 11) is -3.87. The first-order chi connectivity index (χ1) is 7.51. The van der Waals surface area contributed by atoms with Gasteiger partial charge in [0.1, 0.15) is 5.75 Å². The lowest BCUT2D eigenvalue weighted by Crippen LogP contribution is -2.20. The second-order valence-electron chi connectivity index (χ2n) is 3.12. The number of sulfonamides is 1. The number of phenols is 1. The first-order valence-electron chi connectivity index (χ1n) is 4.65. The third-order valence-electron chi connectivity index (χ3n) is 2.07. The number of benzene rings is 1. The van der Waals surface area contributed by atoms with Crippen LogP contribution in [0, 0.1) is 0 Å². The Morgan fingerprint density at radius 2 is 2.06 bits per heavy atom. The Kier molecular flexibility index (Phi) is 4.05. The van der Waals surface area contributed by atoms with Gasteiger partial charge in [-0.2, -0.15) is 0 Å². The summed E-state index contributed by atoms with van der Waals surface area (Å²) in [5, 5.41) is 18.0. The number of hydrogen-bond acceptors (Lipinski definition) is 4. The van der Waals surface area contributed by atoms with Crippen molar-refractivity contribution in [2.24, 2.45) is 0 Å². The molecule has 0 aliphatic rings. The third kappa shape index (κ3) is 2.82. The van der Waals surface area contributed by atoms with Gasteiger partial charge in [0.15, 0.2) is 0 Å². The van der Waals surface area contributed by atoms with Crippen LogP contribution in [0.5, 0.6) is 5.75 Å². The van der Waals surface area contributed by atoms with Crippen LogP contribution in [0.15, 0.2) is 29.2 Å². The maximum absolute atomic E-state index is 11.3. The van der Waals surface area contributed by atoms with E-state index in [1.54, 1.807) is 25.1 Å². The van der Waals surface area contributed by atoms with Crippen molar-refractivity contribution in [1.82, 2.24) is 4.89 Å². The Balaban J connectivity index is 3.21. The number of nitrogens with one attached hydrogen (secondary N) is 1. The average Bonchev–Trinajstić information content (AvgIpc) is 2.27. The minimum Gasteiger partial charge on any atom is -0.507 e. The van der Waals surface area contributed by atoms with E-state index in [4.69, 9.17) is 5.21 Å². The fraction of sp³-hybridized carbons (Fsp3) is 0.200. The first-order valence-corrected chi connectivity index (χ1v) is 6.14. The summed E-state index contributed by atoms with van der Waals surface area (Å²) in [5.74, 6) is -0.0124. The number of rotatable bonds is 4. The van der Waals surface area contributed by atoms with Crippen LogP contribution in [-0.4, -0.2) is 18.7 Å².